The van der Waals surface area contributed by atoms with Gasteiger partial charge in [-0.15, -0.1) is 10.2 Å². The van der Waals surface area contributed by atoms with Crippen molar-refractivity contribution in [3.8, 4) is 0 Å². The molecular formula is C21H28N4O2. The molecule has 0 saturated carbocycles. The van der Waals surface area contributed by atoms with Crippen LogP contribution in [0, 0.1) is 0 Å². The van der Waals surface area contributed by atoms with Crippen LogP contribution in [0.5, 0.6) is 0 Å². The van der Waals surface area contributed by atoms with Gasteiger partial charge in [0.05, 0.1) is 0 Å². The third-order valence-electron chi connectivity index (χ3n) is 5.12. The highest BCUT2D eigenvalue weighted by atomic mass is 16.2. The Morgan fingerprint density at radius 2 is 1.89 bits per heavy atom. The van der Waals surface area contributed by atoms with Gasteiger partial charge in [0, 0.05) is 44.3 Å². The molecule has 2 heterocycles. The Morgan fingerprint density at radius 3 is 2.67 bits per heavy atom. The van der Waals surface area contributed by atoms with Crippen LogP contribution in [0.15, 0.2) is 24.3 Å². The van der Waals surface area contributed by atoms with Crippen molar-refractivity contribution in [1.82, 2.24) is 20.1 Å². The van der Waals surface area contributed by atoms with Crippen molar-refractivity contribution in [3.05, 3.63) is 47.0 Å². The molecule has 0 fully saturated rings. The van der Waals surface area contributed by atoms with E-state index in [2.05, 4.69) is 27.0 Å². The number of nitrogens with zero attached hydrogens (tertiary/aromatic N) is 3. The smallest absolute Gasteiger partial charge is 0.220 e. The number of hydrogen-bond acceptors (Lipinski definition) is 4. The summed E-state index contributed by atoms with van der Waals surface area (Å²) in [6.45, 7) is 3.57. The van der Waals surface area contributed by atoms with Crippen molar-refractivity contribution in [2.75, 3.05) is 6.54 Å². The largest absolute Gasteiger partial charge is 0.356 e. The standard InChI is InChI=1S/C21H28N4O2/c1-2-16-7-9-17(10-8-16)18(26)11-12-21(27)22-14-13-20-24-23-19-6-4-3-5-15-25(19)20/h7-10H,2-6,11-15H2,1H3,(H,22,27). The Labute approximate surface area is 160 Å². The summed E-state index contributed by atoms with van der Waals surface area (Å²) in [5.41, 5.74) is 1.88. The average molecular weight is 368 g/mol. The summed E-state index contributed by atoms with van der Waals surface area (Å²) >= 11 is 0. The van der Waals surface area contributed by atoms with Gasteiger partial charge in [0.2, 0.25) is 5.91 Å². The number of aryl methyl sites for hydroxylation is 2. The molecule has 6 heteroatoms. The summed E-state index contributed by atoms with van der Waals surface area (Å²) in [5, 5.41) is 11.4. The van der Waals surface area contributed by atoms with Crippen LogP contribution in [0.2, 0.25) is 0 Å². The van der Waals surface area contributed by atoms with Gasteiger partial charge in [0.15, 0.2) is 5.78 Å². The summed E-state index contributed by atoms with van der Waals surface area (Å²) in [7, 11) is 0. The number of rotatable bonds is 8. The van der Waals surface area contributed by atoms with Crippen molar-refractivity contribution >= 4 is 11.7 Å². The highest BCUT2D eigenvalue weighted by Gasteiger charge is 2.15. The number of carbonyl (C=O) groups excluding carboxylic acids is 2. The molecular weight excluding hydrogens is 340 g/mol. The molecule has 1 aromatic carbocycles. The van der Waals surface area contributed by atoms with Crippen molar-refractivity contribution in [1.29, 1.82) is 0 Å². The van der Waals surface area contributed by atoms with Crippen LogP contribution in [-0.4, -0.2) is 33.0 Å². The average Bonchev–Trinajstić information content (AvgIpc) is 2.92. The lowest BCUT2D eigenvalue weighted by molar-refractivity contribution is -0.121. The van der Waals surface area contributed by atoms with Gasteiger partial charge in [-0.3, -0.25) is 9.59 Å². The number of hydrogen-bond donors (Lipinski definition) is 1. The monoisotopic (exact) mass is 368 g/mol. The zero-order chi connectivity index (χ0) is 19.1. The molecule has 0 spiro atoms. The third-order valence-corrected chi connectivity index (χ3v) is 5.12. The maximum absolute atomic E-state index is 12.2. The lowest BCUT2D eigenvalue weighted by Crippen LogP contribution is -2.27. The van der Waals surface area contributed by atoms with Gasteiger partial charge in [-0.1, -0.05) is 37.6 Å². The van der Waals surface area contributed by atoms with Crippen LogP contribution >= 0.6 is 0 Å². The fourth-order valence-electron chi connectivity index (χ4n) is 3.43. The lowest BCUT2D eigenvalue weighted by Gasteiger charge is -2.08. The first-order chi connectivity index (χ1) is 13.2. The summed E-state index contributed by atoms with van der Waals surface area (Å²) in [6, 6.07) is 7.62. The van der Waals surface area contributed by atoms with E-state index in [0.717, 1.165) is 37.5 Å². The Morgan fingerprint density at radius 1 is 1.07 bits per heavy atom. The molecule has 3 rings (SSSR count). The second kappa shape index (κ2) is 9.44. The van der Waals surface area contributed by atoms with Crippen molar-refractivity contribution < 1.29 is 9.59 Å². The summed E-state index contributed by atoms with van der Waals surface area (Å²) in [4.78, 5) is 24.2. The number of aromatic nitrogens is 3. The first kappa shape index (κ1) is 19.3. The van der Waals surface area contributed by atoms with Crippen LogP contribution in [0.3, 0.4) is 0 Å². The van der Waals surface area contributed by atoms with E-state index in [9.17, 15) is 9.59 Å². The fourth-order valence-corrected chi connectivity index (χ4v) is 3.43. The van der Waals surface area contributed by atoms with Gasteiger partial charge >= 0.3 is 0 Å². The van der Waals surface area contributed by atoms with E-state index in [1.807, 2.05) is 24.3 Å². The quantitative estimate of drug-likeness (QED) is 0.727. The molecule has 27 heavy (non-hydrogen) atoms. The molecule has 2 aromatic rings. The molecule has 0 saturated heterocycles. The van der Waals surface area contributed by atoms with Crippen LogP contribution in [-0.2, 0) is 30.6 Å². The molecule has 0 unspecified atom stereocenters. The molecule has 0 atom stereocenters. The molecule has 1 aliphatic rings. The molecule has 1 aliphatic heterocycles. The van der Waals surface area contributed by atoms with E-state index in [-0.39, 0.29) is 24.5 Å². The predicted molar refractivity (Wildman–Crippen MR) is 104 cm³/mol. The van der Waals surface area contributed by atoms with Gasteiger partial charge < -0.3 is 9.88 Å². The van der Waals surface area contributed by atoms with Gasteiger partial charge in [0.25, 0.3) is 0 Å². The van der Waals surface area contributed by atoms with E-state index in [1.165, 1.54) is 18.4 Å². The number of ketones is 1. The number of nitrogens with one attached hydrogen (secondary N) is 1. The minimum absolute atomic E-state index is 0.00980. The molecule has 0 radical (unpaired) electrons. The Balaban J connectivity index is 1.41. The second-order valence-corrected chi connectivity index (χ2v) is 7.07. The first-order valence-electron chi connectivity index (χ1n) is 9.97. The van der Waals surface area contributed by atoms with Crippen molar-refractivity contribution in [2.24, 2.45) is 0 Å². The molecule has 1 aromatic heterocycles. The molecule has 0 aliphatic carbocycles. The van der Waals surface area contributed by atoms with Crippen LogP contribution in [0.4, 0.5) is 0 Å². The highest BCUT2D eigenvalue weighted by Crippen LogP contribution is 2.14. The zero-order valence-corrected chi connectivity index (χ0v) is 16.0. The van der Waals surface area contributed by atoms with E-state index in [0.29, 0.717) is 18.5 Å². The minimum atomic E-state index is -0.0934. The third kappa shape index (κ3) is 5.25. The van der Waals surface area contributed by atoms with E-state index in [4.69, 9.17) is 0 Å². The number of carbonyl (C=O) groups is 2. The molecule has 1 N–H and O–H groups in total. The summed E-state index contributed by atoms with van der Waals surface area (Å²) < 4.78 is 2.20. The Hall–Kier alpha value is -2.50. The first-order valence-corrected chi connectivity index (χ1v) is 9.97. The summed E-state index contributed by atoms with van der Waals surface area (Å²) in [6.07, 6.45) is 6.62. The van der Waals surface area contributed by atoms with Gasteiger partial charge in [-0.05, 0) is 24.8 Å². The Bertz CT molecular complexity index is 780. The number of amides is 1. The summed E-state index contributed by atoms with van der Waals surface area (Å²) in [5.74, 6) is 1.92. The van der Waals surface area contributed by atoms with Crippen LogP contribution in [0.1, 0.15) is 66.6 Å². The van der Waals surface area contributed by atoms with Gasteiger partial charge in [-0.2, -0.15) is 0 Å². The SMILES string of the molecule is CCc1ccc(C(=O)CCC(=O)NCCc2nnc3n2CCCCC3)cc1. The Kier molecular flexibility index (Phi) is 6.74. The van der Waals surface area contributed by atoms with Crippen molar-refractivity contribution in [3.63, 3.8) is 0 Å². The lowest BCUT2D eigenvalue weighted by atomic mass is 10.0. The normalized spacial score (nSPS) is 13.7. The van der Waals surface area contributed by atoms with Crippen LogP contribution < -0.4 is 5.32 Å². The van der Waals surface area contributed by atoms with E-state index >= 15 is 0 Å². The molecule has 6 nitrogen and oxygen atoms in total. The second-order valence-electron chi connectivity index (χ2n) is 7.07. The van der Waals surface area contributed by atoms with Gasteiger partial charge in [0.1, 0.15) is 11.6 Å². The number of benzene rings is 1. The highest BCUT2D eigenvalue weighted by molar-refractivity contribution is 5.97. The zero-order valence-electron chi connectivity index (χ0n) is 16.0. The molecule has 1 amide bonds. The number of Topliss-reactive ketones (excluding diaryl/α,β-unsaturated/α-hetero) is 1. The molecule has 144 valence electrons. The fraction of sp³-hybridized carbons (Fsp3) is 0.524. The molecule has 0 bridgehead atoms. The maximum Gasteiger partial charge on any atom is 0.220 e. The minimum Gasteiger partial charge on any atom is -0.356 e. The van der Waals surface area contributed by atoms with E-state index < -0.39 is 0 Å². The van der Waals surface area contributed by atoms with Gasteiger partial charge in [-0.25, -0.2) is 0 Å². The maximum atomic E-state index is 12.2. The number of fused-ring (bicyclic) bond motifs is 1. The topological polar surface area (TPSA) is 76.9 Å². The predicted octanol–water partition coefficient (Wildman–Crippen LogP) is 2.89. The van der Waals surface area contributed by atoms with Crippen LogP contribution in [0.25, 0.3) is 0 Å². The van der Waals surface area contributed by atoms with E-state index in [1.54, 1.807) is 0 Å². The van der Waals surface area contributed by atoms with Crippen molar-refractivity contribution in [2.45, 2.75) is 64.8 Å².